The number of rotatable bonds is 5. The van der Waals surface area contributed by atoms with E-state index in [4.69, 9.17) is 5.11 Å². The van der Waals surface area contributed by atoms with E-state index in [0.29, 0.717) is 11.1 Å². The first kappa shape index (κ1) is 17.2. The summed E-state index contributed by atoms with van der Waals surface area (Å²) in [6.45, 7) is 0.0168. The summed E-state index contributed by atoms with van der Waals surface area (Å²) in [4.78, 5) is 27.5. The zero-order valence-electron chi connectivity index (χ0n) is 13.7. The predicted molar refractivity (Wildman–Crippen MR) is 95.9 cm³/mol. The van der Waals surface area contributed by atoms with E-state index in [2.05, 4.69) is 10.3 Å². The lowest BCUT2D eigenvalue weighted by Gasteiger charge is -2.10. The summed E-state index contributed by atoms with van der Waals surface area (Å²) < 4.78 is 0. The van der Waals surface area contributed by atoms with E-state index in [1.165, 1.54) is 12.1 Å². The molecule has 0 aliphatic rings. The number of benzene rings is 2. The Morgan fingerprint density at radius 3 is 2.50 bits per heavy atom. The van der Waals surface area contributed by atoms with Gasteiger partial charge in [0.25, 0.3) is 5.91 Å². The molecule has 1 amide bonds. The standard InChI is InChI=1S/C20H16N2O4/c23-18-16(6-2-8-17(18)20(25)26)12-22-19(24)14-5-1-4-13(10-14)15-7-3-9-21-11-15/h1-11,23H,12H2,(H,22,24)(H,25,26). The highest BCUT2D eigenvalue weighted by Gasteiger charge is 2.14. The number of nitrogens with zero attached hydrogens (tertiary/aromatic N) is 1. The number of carbonyl (C=O) groups excluding carboxylic acids is 1. The van der Waals surface area contributed by atoms with Gasteiger partial charge in [-0.15, -0.1) is 0 Å². The van der Waals surface area contributed by atoms with Crippen molar-refractivity contribution in [1.29, 1.82) is 0 Å². The fourth-order valence-electron chi connectivity index (χ4n) is 2.56. The molecule has 26 heavy (non-hydrogen) atoms. The van der Waals surface area contributed by atoms with Crippen molar-refractivity contribution >= 4 is 11.9 Å². The molecule has 1 aromatic heterocycles. The van der Waals surface area contributed by atoms with Crippen molar-refractivity contribution in [2.45, 2.75) is 6.54 Å². The maximum atomic E-state index is 12.4. The SMILES string of the molecule is O=C(NCc1cccc(C(=O)O)c1O)c1cccc(-c2cccnc2)c1. The maximum Gasteiger partial charge on any atom is 0.339 e. The Morgan fingerprint density at radius 2 is 1.77 bits per heavy atom. The van der Waals surface area contributed by atoms with Crippen molar-refractivity contribution < 1.29 is 19.8 Å². The van der Waals surface area contributed by atoms with E-state index in [-0.39, 0.29) is 23.8 Å². The fourth-order valence-corrected chi connectivity index (χ4v) is 2.56. The van der Waals surface area contributed by atoms with Crippen LogP contribution in [0.5, 0.6) is 5.75 Å². The second-order valence-electron chi connectivity index (χ2n) is 5.62. The van der Waals surface area contributed by atoms with Crippen LogP contribution in [-0.2, 0) is 6.54 Å². The predicted octanol–water partition coefficient (Wildman–Crippen LogP) is 3.08. The fraction of sp³-hybridized carbons (Fsp3) is 0.0500. The Kier molecular flexibility index (Phi) is 4.94. The topological polar surface area (TPSA) is 99.5 Å². The first-order chi connectivity index (χ1) is 12.6. The van der Waals surface area contributed by atoms with Gasteiger partial charge in [0.1, 0.15) is 11.3 Å². The Balaban J connectivity index is 1.76. The summed E-state index contributed by atoms with van der Waals surface area (Å²) in [6, 6.07) is 15.2. The third-order valence-electron chi connectivity index (χ3n) is 3.91. The zero-order chi connectivity index (χ0) is 18.5. The first-order valence-corrected chi connectivity index (χ1v) is 7.89. The van der Waals surface area contributed by atoms with Crippen LogP contribution in [0.3, 0.4) is 0 Å². The molecule has 0 spiro atoms. The summed E-state index contributed by atoms with van der Waals surface area (Å²) in [5, 5.41) is 21.7. The number of aromatic nitrogens is 1. The van der Waals surface area contributed by atoms with Crippen LogP contribution in [0.1, 0.15) is 26.3 Å². The number of hydrogen-bond donors (Lipinski definition) is 3. The van der Waals surface area contributed by atoms with E-state index in [1.807, 2.05) is 18.2 Å². The number of hydrogen-bond acceptors (Lipinski definition) is 4. The molecule has 0 radical (unpaired) electrons. The van der Waals surface area contributed by atoms with Crippen LogP contribution in [0.2, 0.25) is 0 Å². The Bertz CT molecular complexity index is 955. The van der Waals surface area contributed by atoms with Crippen LogP contribution in [0.15, 0.2) is 67.0 Å². The lowest BCUT2D eigenvalue weighted by molar-refractivity contribution is 0.0693. The van der Waals surface area contributed by atoms with Gasteiger partial charge in [-0.3, -0.25) is 9.78 Å². The molecule has 0 aliphatic carbocycles. The number of phenols is 1. The smallest absolute Gasteiger partial charge is 0.339 e. The molecular weight excluding hydrogens is 332 g/mol. The average molecular weight is 348 g/mol. The van der Waals surface area contributed by atoms with Gasteiger partial charge in [-0.1, -0.05) is 30.3 Å². The summed E-state index contributed by atoms with van der Waals surface area (Å²) in [6.07, 6.45) is 3.39. The molecule has 0 atom stereocenters. The highest BCUT2D eigenvalue weighted by molar-refractivity contribution is 5.95. The highest BCUT2D eigenvalue weighted by Crippen LogP contribution is 2.23. The molecule has 3 N–H and O–H groups in total. The number of aromatic hydroxyl groups is 1. The minimum Gasteiger partial charge on any atom is -0.507 e. The van der Waals surface area contributed by atoms with Crippen molar-refractivity contribution in [3.63, 3.8) is 0 Å². The van der Waals surface area contributed by atoms with Crippen LogP contribution in [0.4, 0.5) is 0 Å². The molecule has 1 heterocycles. The normalized spacial score (nSPS) is 10.3. The van der Waals surface area contributed by atoms with E-state index in [0.717, 1.165) is 11.1 Å². The quantitative estimate of drug-likeness (QED) is 0.658. The Hall–Kier alpha value is -3.67. The van der Waals surface area contributed by atoms with Gasteiger partial charge < -0.3 is 15.5 Å². The summed E-state index contributed by atoms with van der Waals surface area (Å²) >= 11 is 0. The van der Waals surface area contributed by atoms with Gasteiger partial charge in [0.05, 0.1) is 0 Å². The third kappa shape index (κ3) is 3.70. The summed E-state index contributed by atoms with van der Waals surface area (Å²) in [5.74, 6) is -1.89. The Labute approximate surface area is 149 Å². The van der Waals surface area contributed by atoms with Crippen LogP contribution in [0, 0.1) is 0 Å². The second-order valence-corrected chi connectivity index (χ2v) is 5.62. The molecule has 0 saturated carbocycles. The van der Waals surface area contributed by atoms with Crippen LogP contribution in [-0.4, -0.2) is 27.1 Å². The van der Waals surface area contributed by atoms with Gasteiger partial charge >= 0.3 is 5.97 Å². The van der Waals surface area contributed by atoms with Crippen molar-refractivity contribution in [3.05, 3.63) is 83.7 Å². The molecule has 3 rings (SSSR count). The molecule has 3 aromatic rings. The molecular formula is C20H16N2O4. The van der Waals surface area contributed by atoms with E-state index < -0.39 is 5.97 Å². The van der Waals surface area contributed by atoms with E-state index in [1.54, 1.807) is 36.7 Å². The monoisotopic (exact) mass is 348 g/mol. The number of amides is 1. The van der Waals surface area contributed by atoms with Gasteiger partial charge in [0, 0.05) is 35.6 Å². The lowest BCUT2D eigenvalue weighted by Crippen LogP contribution is -2.23. The molecule has 6 nitrogen and oxygen atoms in total. The number of para-hydroxylation sites is 1. The van der Waals surface area contributed by atoms with Crippen molar-refractivity contribution in [3.8, 4) is 16.9 Å². The lowest BCUT2D eigenvalue weighted by atomic mass is 10.0. The number of aromatic carboxylic acids is 1. The molecule has 0 saturated heterocycles. The number of pyridine rings is 1. The third-order valence-corrected chi connectivity index (χ3v) is 3.91. The molecule has 0 aliphatic heterocycles. The highest BCUT2D eigenvalue weighted by atomic mass is 16.4. The van der Waals surface area contributed by atoms with Crippen LogP contribution < -0.4 is 5.32 Å². The minimum atomic E-state index is -1.22. The molecule has 6 heteroatoms. The number of carboxylic acid groups (broad SMARTS) is 1. The Morgan fingerprint density at radius 1 is 1.00 bits per heavy atom. The van der Waals surface area contributed by atoms with Gasteiger partial charge in [-0.2, -0.15) is 0 Å². The molecule has 2 aromatic carbocycles. The van der Waals surface area contributed by atoms with Crippen LogP contribution in [0.25, 0.3) is 11.1 Å². The van der Waals surface area contributed by atoms with Crippen molar-refractivity contribution in [2.75, 3.05) is 0 Å². The minimum absolute atomic E-state index is 0.0168. The number of nitrogens with one attached hydrogen (secondary N) is 1. The first-order valence-electron chi connectivity index (χ1n) is 7.89. The zero-order valence-corrected chi connectivity index (χ0v) is 13.7. The molecule has 0 unspecified atom stereocenters. The average Bonchev–Trinajstić information content (AvgIpc) is 2.67. The molecule has 130 valence electrons. The number of carboxylic acids is 1. The van der Waals surface area contributed by atoms with Gasteiger partial charge in [-0.25, -0.2) is 4.79 Å². The van der Waals surface area contributed by atoms with Gasteiger partial charge in [0.15, 0.2) is 0 Å². The summed E-state index contributed by atoms with van der Waals surface area (Å²) in [7, 11) is 0. The second kappa shape index (κ2) is 7.48. The molecule has 0 bridgehead atoms. The molecule has 0 fully saturated rings. The van der Waals surface area contributed by atoms with E-state index in [9.17, 15) is 14.7 Å². The van der Waals surface area contributed by atoms with Crippen LogP contribution >= 0.6 is 0 Å². The largest absolute Gasteiger partial charge is 0.507 e. The summed E-state index contributed by atoms with van der Waals surface area (Å²) in [5.41, 5.74) is 2.35. The van der Waals surface area contributed by atoms with Crippen molar-refractivity contribution in [2.24, 2.45) is 0 Å². The van der Waals surface area contributed by atoms with E-state index >= 15 is 0 Å². The number of carbonyl (C=O) groups is 2. The van der Waals surface area contributed by atoms with Crippen molar-refractivity contribution in [1.82, 2.24) is 10.3 Å². The maximum absolute atomic E-state index is 12.4. The van der Waals surface area contributed by atoms with Gasteiger partial charge in [-0.05, 0) is 29.8 Å². The van der Waals surface area contributed by atoms with Gasteiger partial charge in [0.2, 0.25) is 0 Å².